The van der Waals surface area contributed by atoms with Crippen LogP contribution in [-0.2, 0) is 11.2 Å². The number of hydrogen-bond donors (Lipinski definition) is 1. The van der Waals surface area contributed by atoms with Gasteiger partial charge in [-0.3, -0.25) is 4.98 Å². The molecule has 2 rings (SSSR count). The van der Waals surface area contributed by atoms with E-state index in [1.54, 1.807) is 12.4 Å². The fraction of sp³-hybridized carbons (Fsp3) is 0.583. The van der Waals surface area contributed by atoms with E-state index in [2.05, 4.69) is 11.9 Å². The van der Waals surface area contributed by atoms with Crippen molar-refractivity contribution in [2.45, 2.75) is 31.9 Å². The lowest BCUT2D eigenvalue weighted by Gasteiger charge is -2.22. The van der Waals surface area contributed by atoms with Crippen molar-refractivity contribution >= 4 is 0 Å². The second kappa shape index (κ2) is 4.73. The summed E-state index contributed by atoms with van der Waals surface area (Å²) in [4.78, 5) is 3.99. The number of ether oxygens (including phenoxy) is 1. The van der Waals surface area contributed by atoms with E-state index in [4.69, 9.17) is 10.5 Å². The maximum absolute atomic E-state index is 6.16. The Morgan fingerprint density at radius 3 is 2.87 bits per heavy atom. The minimum absolute atomic E-state index is 0.102. The second-order valence-corrected chi connectivity index (χ2v) is 4.32. The molecule has 0 aromatic carbocycles. The van der Waals surface area contributed by atoms with Crippen molar-refractivity contribution in [1.82, 2.24) is 4.98 Å². The van der Waals surface area contributed by atoms with Gasteiger partial charge in [0.15, 0.2) is 0 Å². The fourth-order valence-electron chi connectivity index (χ4n) is 2.17. The molecule has 3 atom stereocenters. The maximum atomic E-state index is 6.16. The SMILES string of the molecule is CC1CCOC1C(N)Cc1ccncc1. The third-order valence-corrected chi connectivity index (χ3v) is 3.09. The first kappa shape index (κ1) is 10.6. The van der Waals surface area contributed by atoms with Gasteiger partial charge in [0.25, 0.3) is 0 Å². The van der Waals surface area contributed by atoms with Gasteiger partial charge in [-0.05, 0) is 36.5 Å². The number of aromatic nitrogens is 1. The average Bonchev–Trinajstić information content (AvgIpc) is 2.66. The van der Waals surface area contributed by atoms with Crippen LogP contribution in [-0.4, -0.2) is 23.7 Å². The highest BCUT2D eigenvalue weighted by Gasteiger charge is 2.29. The van der Waals surface area contributed by atoms with Gasteiger partial charge in [-0.1, -0.05) is 6.92 Å². The molecule has 1 aromatic heterocycles. The van der Waals surface area contributed by atoms with Crippen molar-refractivity contribution in [2.75, 3.05) is 6.61 Å². The average molecular weight is 206 g/mol. The van der Waals surface area contributed by atoms with Crippen molar-refractivity contribution in [3.05, 3.63) is 30.1 Å². The fourth-order valence-corrected chi connectivity index (χ4v) is 2.17. The first-order valence-corrected chi connectivity index (χ1v) is 5.53. The highest BCUT2D eigenvalue weighted by Crippen LogP contribution is 2.23. The van der Waals surface area contributed by atoms with Gasteiger partial charge < -0.3 is 10.5 Å². The van der Waals surface area contributed by atoms with Crippen molar-refractivity contribution in [1.29, 1.82) is 0 Å². The largest absolute Gasteiger partial charge is 0.376 e. The van der Waals surface area contributed by atoms with E-state index >= 15 is 0 Å². The molecule has 2 heterocycles. The van der Waals surface area contributed by atoms with Gasteiger partial charge in [0, 0.05) is 25.0 Å². The summed E-state index contributed by atoms with van der Waals surface area (Å²) in [6.07, 6.45) is 5.84. The first-order valence-electron chi connectivity index (χ1n) is 5.53. The van der Waals surface area contributed by atoms with Crippen LogP contribution in [0, 0.1) is 5.92 Å². The molecule has 0 bridgehead atoms. The monoisotopic (exact) mass is 206 g/mol. The number of pyridine rings is 1. The maximum Gasteiger partial charge on any atom is 0.0755 e. The highest BCUT2D eigenvalue weighted by molar-refractivity contribution is 5.12. The minimum Gasteiger partial charge on any atom is -0.376 e. The smallest absolute Gasteiger partial charge is 0.0755 e. The molecular formula is C12H18N2O. The van der Waals surface area contributed by atoms with Crippen LogP contribution in [0.2, 0.25) is 0 Å². The zero-order valence-corrected chi connectivity index (χ0v) is 9.10. The Kier molecular flexibility index (Phi) is 3.34. The van der Waals surface area contributed by atoms with Gasteiger partial charge in [0.05, 0.1) is 6.10 Å². The zero-order valence-electron chi connectivity index (χ0n) is 9.10. The Hall–Kier alpha value is -0.930. The normalized spacial score (nSPS) is 27.9. The van der Waals surface area contributed by atoms with Gasteiger partial charge in [-0.15, -0.1) is 0 Å². The van der Waals surface area contributed by atoms with Crippen molar-refractivity contribution < 1.29 is 4.74 Å². The summed E-state index contributed by atoms with van der Waals surface area (Å²) < 4.78 is 5.66. The minimum atomic E-state index is 0.102. The van der Waals surface area contributed by atoms with Gasteiger partial charge in [0.2, 0.25) is 0 Å². The quantitative estimate of drug-likeness (QED) is 0.812. The van der Waals surface area contributed by atoms with Crippen molar-refractivity contribution in [2.24, 2.45) is 11.7 Å². The van der Waals surface area contributed by atoms with Crippen LogP contribution in [0.3, 0.4) is 0 Å². The number of hydrogen-bond acceptors (Lipinski definition) is 3. The summed E-state index contributed by atoms with van der Waals surface area (Å²) in [5.41, 5.74) is 7.39. The van der Waals surface area contributed by atoms with Gasteiger partial charge >= 0.3 is 0 Å². The summed E-state index contributed by atoms with van der Waals surface area (Å²) >= 11 is 0. The van der Waals surface area contributed by atoms with Crippen molar-refractivity contribution in [3.63, 3.8) is 0 Å². The molecule has 3 unspecified atom stereocenters. The molecular weight excluding hydrogens is 188 g/mol. The third kappa shape index (κ3) is 2.55. The molecule has 3 heteroatoms. The van der Waals surface area contributed by atoms with Crippen LogP contribution in [0.5, 0.6) is 0 Å². The summed E-state index contributed by atoms with van der Waals surface area (Å²) in [6, 6.07) is 4.13. The molecule has 1 aromatic rings. The molecule has 0 saturated carbocycles. The summed E-state index contributed by atoms with van der Waals surface area (Å²) in [5, 5.41) is 0. The molecule has 0 spiro atoms. The van der Waals surface area contributed by atoms with E-state index in [0.29, 0.717) is 5.92 Å². The standard InChI is InChI=1S/C12H18N2O/c1-9-4-7-15-12(9)11(13)8-10-2-5-14-6-3-10/h2-3,5-6,9,11-12H,4,7-8,13H2,1H3. The highest BCUT2D eigenvalue weighted by atomic mass is 16.5. The number of rotatable bonds is 3. The second-order valence-electron chi connectivity index (χ2n) is 4.32. The molecule has 0 radical (unpaired) electrons. The Balaban J connectivity index is 1.94. The van der Waals surface area contributed by atoms with E-state index in [-0.39, 0.29) is 12.1 Å². The van der Waals surface area contributed by atoms with Crippen LogP contribution in [0.1, 0.15) is 18.9 Å². The molecule has 0 aliphatic carbocycles. The summed E-state index contributed by atoms with van der Waals surface area (Å²) in [7, 11) is 0. The topological polar surface area (TPSA) is 48.1 Å². The van der Waals surface area contributed by atoms with Crippen molar-refractivity contribution in [3.8, 4) is 0 Å². The molecule has 15 heavy (non-hydrogen) atoms. The number of nitrogens with zero attached hydrogens (tertiary/aromatic N) is 1. The van der Waals surface area contributed by atoms with Gasteiger partial charge in [-0.2, -0.15) is 0 Å². The molecule has 1 saturated heterocycles. The van der Waals surface area contributed by atoms with Crippen LogP contribution in [0.4, 0.5) is 0 Å². The first-order chi connectivity index (χ1) is 7.27. The lowest BCUT2D eigenvalue weighted by molar-refractivity contribution is 0.0726. The lowest BCUT2D eigenvalue weighted by Crippen LogP contribution is -2.39. The molecule has 2 N–H and O–H groups in total. The Labute approximate surface area is 90.7 Å². The molecule has 1 aliphatic heterocycles. The molecule has 1 fully saturated rings. The molecule has 0 amide bonds. The number of nitrogens with two attached hydrogens (primary N) is 1. The zero-order chi connectivity index (χ0) is 10.7. The third-order valence-electron chi connectivity index (χ3n) is 3.09. The predicted octanol–water partition coefficient (Wildman–Crippen LogP) is 1.38. The predicted molar refractivity (Wildman–Crippen MR) is 59.4 cm³/mol. The van der Waals surface area contributed by atoms with Gasteiger partial charge in [-0.25, -0.2) is 0 Å². The van der Waals surface area contributed by atoms with Crippen LogP contribution in [0.15, 0.2) is 24.5 Å². The Morgan fingerprint density at radius 1 is 1.53 bits per heavy atom. The van der Waals surface area contributed by atoms with Crippen LogP contribution < -0.4 is 5.73 Å². The van der Waals surface area contributed by atoms with E-state index in [9.17, 15) is 0 Å². The molecule has 3 nitrogen and oxygen atoms in total. The van der Waals surface area contributed by atoms with E-state index in [0.717, 1.165) is 19.4 Å². The van der Waals surface area contributed by atoms with E-state index < -0.39 is 0 Å². The summed E-state index contributed by atoms with van der Waals surface area (Å²) in [5.74, 6) is 0.585. The Bertz CT molecular complexity index is 302. The Morgan fingerprint density at radius 2 is 2.27 bits per heavy atom. The van der Waals surface area contributed by atoms with Gasteiger partial charge in [0.1, 0.15) is 0 Å². The molecule has 1 aliphatic rings. The molecule has 82 valence electrons. The lowest BCUT2D eigenvalue weighted by atomic mass is 9.94. The van der Waals surface area contributed by atoms with Crippen LogP contribution in [0.25, 0.3) is 0 Å². The van der Waals surface area contributed by atoms with E-state index in [1.807, 2.05) is 12.1 Å². The van der Waals surface area contributed by atoms with E-state index in [1.165, 1.54) is 5.56 Å². The van der Waals surface area contributed by atoms with Crippen LogP contribution >= 0.6 is 0 Å². The summed E-state index contributed by atoms with van der Waals surface area (Å²) in [6.45, 7) is 3.07.